The highest BCUT2D eigenvalue weighted by molar-refractivity contribution is 6.31. The van der Waals surface area contributed by atoms with Crippen LogP contribution in [0.15, 0.2) is 36.5 Å². The maximum atomic E-state index is 12.8. The fraction of sp³-hybridized carbons (Fsp3) is 0.0769. The number of nitrogens with one attached hydrogen (secondary N) is 1. The topological polar surface area (TPSA) is 68.0 Å². The molecule has 1 amide bonds. The highest BCUT2D eigenvalue weighted by atomic mass is 35.5. The molecular formula is C13H9ClF3N3O. The van der Waals surface area contributed by atoms with Gasteiger partial charge in [0.25, 0.3) is 5.91 Å². The lowest BCUT2D eigenvalue weighted by Gasteiger charge is -2.13. The quantitative estimate of drug-likeness (QED) is 0.909. The first-order chi connectivity index (χ1) is 9.79. The summed E-state index contributed by atoms with van der Waals surface area (Å²) >= 11 is 5.53. The lowest BCUT2D eigenvalue weighted by Crippen LogP contribution is -2.14. The van der Waals surface area contributed by atoms with Crippen LogP contribution in [0.3, 0.4) is 0 Å². The van der Waals surface area contributed by atoms with Gasteiger partial charge in [0.2, 0.25) is 0 Å². The maximum absolute atomic E-state index is 12.8. The number of anilines is 2. The Labute approximate surface area is 122 Å². The molecule has 1 aromatic heterocycles. The molecule has 0 aliphatic heterocycles. The van der Waals surface area contributed by atoms with E-state index in [0.717, 1.165) is 12.1 Å². The van der Waals surface area contributed by atoms with Crippen LogP contribution in [-0.2, 0) is 6.18 Å². The summed E-state index contributed by atoms with van der Waals surface area (Å²) in [4.78, 5) is 15.1. The molecule has 0 fully saturated rings. The Kier molecular flexibility index (Phi) is 4.04. The van der Waals surface area contributed by atoms with Gasteiger partial charge in [0.15, 0.2) is 0 Å². The Morgan fingerprint density at radius 2 is 2.00 bits per heavy atom. The Hall–Kier alpha value is -2.28. The third-order valence-electron chi connectivity index (χ3n) is 2.61. The number of primary amides is 1. The van der Waals surface area contributed by atoms with E-state index in [9.17, 15) is 18.0 Å². The zero-order valence-electron chi connectivity index (χ0n) is 10.4. The molecule has 110 valence electrons. The Balaban J connectivity index is 2.40. The molecular weight excluding hydrogens is 307 g/mol. The van der Waals surface area contributed by atoms with E-state index in [1.807, 2.05) is 0 Å². The summed E-state index contributed by atoms with van der Waals surface area (Å²) < 4.78 is 38.3. The fourth-order valence-corrected chi connectivity index (χ4v) is 1.89. The predicted octanol–water partition coefficient (Wildman–Crippen LogP) is 3.60. The molecule has 0 atom stereocenters. The van der Waals surface area contributed by atoms with E-state index in [0.29, 0.717) is 0 Å². The van der Waals surface area contributed by atoms with Crippen molar-refractivity contribution in [1.82, 2.24) is 4.98 Å². The number of carbonyl (C=O) groups excluding carboxylic acids is 1. The number of amides is 1. The summed E-state index contributed by atoms with van der Waals surface area (Å²) in [5.74, 6) is -0.670. The van der Waals surface area contributed by atoms with Crippen molar-refractivity contribution >= 4 is 29.0 Å². The molecule has 3 N–H and O–H groups in total. The molecule has 0 aliphatic rings. The van der Waals surface area contributed by atoms with E-state index in [4.69, 9.17) is 17.3 Å². The first-order valence-electron chi connectivity index (χ1n) is 5.67. The minimum atomic E-state index is -4.58. The van der Waals surface area contributed by atoms with E-state index in [1.54, 1.807) is 0 Å². The van der Waals surface area contributed by atoms with Crippen LogP contribution in [0.5, 0.6) is 0 Å². The fourth-order valence-electron chi connectivity index (χ4n) is 1.66. The number of halogens is 4. The SMILES string of the molecule is NC(=O)c1cccnc1Nc1ccc(Cl)c(C(F)(F)F)c1. The van der Waals surface area contributed by atoms with E-state index in [1.165, 1.54) is 24.4 Å². The smallest absolute Gasteiger partial charge is 0.365 e. The van der Waals surface area contributed by atoms with Gasteiger partial charge in [0.05, 0.1) is 16.1 Å². The second-order valence-corrected chi connectivity index (χ2v) is 4.49. The van der Waals surface area contributed by atoms with Crippen molar-refractivity contribution < 1.29 is 18.0 Å². The van der Waals surface area contributed by atoms with E-state index >= 15 is 0 Å². The first-order valence-corrected chi connectivity index (χ1v) is 6.05. The molecule has 0 spiro atoms. The number of hydrogen-bond donors (Lipinski definition) is 2. The molecule has 1 aromatic carbocycles. The third-order valence-corrected chi connectivity index (χ3v) is 2.94. The summed E-state index contributed by atoms with van der Waals surface area (Å²) in [5.41, 5.74) is 4.35. The van der Waals surface area contributed by atoms with Gasteiger partial charge in [-0.15, -0.1) is 0 Å². The van der Waals surface area contributed by atoms with E-state index < -0.39 is 22.7 Å². The van der Waals surface area contributed by atoms with Crippen molar-refractivity contribution in [1.29, 1.82) is 0 Å². The van der Waals surface area contributed by atoms with Crippen LogP contribution in [0.1, 0.15) is 15.9 Å². The molecule has 0 unspecified atom stereocenters. The molecule has 21 heavy (non-hydrogen) atoms. The highest BCUT2D eigenvalue weighted by Gasteiger charge is 2.33. The minimum Gasteiger partial charge on any atom is -0.365 e. The zero-order valence-corrected chi connectivity index (χ0v) is 11.2. The van der Waals surface area contributed by atoms with Gasteiger partial charge in [-0.2, -0.15) is 13.2 Å². The lowest BCUT2D eigenvalue weighted by molar-refractivity contribution is -0.137. The second kappa shape index (κ2) is 5.61. The van der Waals surface area contributed by atoms with Gasteiger partial charge in [-0.3, -0.25) is 4.79 Å². The van der Waals surface area contributed by atoms with E-state index in [-0.39, 0.29) is 17.1 Å². The van der Waals surface area contributed by atoms with Crippen LogP contribution in [0.25, 0.3) is 0 Å². The number of aromatic nitrogens is 1. The molecule has 0 aliphatic carbocycles. The van der Waals surface area contributed by atoms with Crippen LogP contribution in [-0.4, -0.2) is 10.9 Å². The number of alkyl halides is 3. The van der Waals surface area contributed by atoms with Gasteiger partial charge in [0, 0.05) is 11.9 Å². The number of benzene rings is 1. The largest absolute Gasteiger partial charge is 0.417 e. The maximum Gasteiger partial charge on any atom is 0.417 e. The van der Waals surface area contributed by atoms with Gasteiger partial charge >= 0.3 is 6.18 Å². The number of rotatable bonds is 3. The summed E-state index contributed by atoms with van der Waals surface area (Å²) in [6.07, 6.45) is -3.19. The van der Waals surface area contributed by atoms with Crippen LogP contribution >= 0.6 is 11.6 Å². The first kappa shape index (κ1) is 15.1. The van der Waals surface area contributed by atoms with Crippen molar-refractivity contribution in [3.05, 3.63) is 52.7 Å². The lowest BCUT2D eigenvalue weighted by atomic mass is 10.2. The predicted molar refractivity (Wildman–Crippen MR) is 72.5 cm³/mol. The van der Waals surface area contributed by atoms with Crippen molar-refractivity contribution in [3.63, 3.8) is 0 Å². The van der Waals surface area contributed by atoms with Crippen molar-refractivity contribution in [2.75, 3.05) is 5.32 Å². The number of hydrogen-bond acceptors (Lipinski definition) is 3. The Bertz CT molecular complexity index is 689. The van der Waals surface area contributed by atoms with Crippen LogP contribution in [0.2, 0.25) is 5.02 Å². The monoisotopic (exact) mass is 315 g/mol. The molecule has 0 radical (unpaired) electrons. The van der Waals surface area contributed by atoms with Crippen molar-refractivity contribution in [3.8, 4) is 0 Å². The molecule has 2 aromatic rings. The summed E-state index contributed by atoms with van der Waals surface area (Å²) in [6, 6.07) is 6.20. The number of pyridine rings is 1. The Morgan fingerprint density at radius 3 is 2.62 bits per heavy atom. The van der Waals surface area contributed by atoms with Gasteiger partial charge in [-0.25, -0.2) is 4.98 Å². The van der Waals surface area contributed by atoms with Crippen LogP contribution < -0.4 is 11.1 Å². The number of carbonyl (C=O) groups is 1. The van der Waals surface area contributed by atoms with Gasteiger partial charge < -0.3 is 11.1 Å². The van der Waals surface area contributed by atoms with Crippen molar-refractivity contribution in [2.45, 2.75) is 6.18 Å². The molecule has 4 nitrogen and oxygen atoms in total. The molecule has 1 heterocycles. The molecule has 0 bridgehead atoms. The standard InChI is InChI=1S/C13H9ClF3N3O/c14-10-4-3-7(6-9(10)13(15,16)17)20-12-8(11(18)21)2-1-5-19-12/h1-6H,(H2,18,21)(H,19,20). The Morgan fingerprint density at radius 1 is 1.29 bits per heavy atom. The molecule has 2 rings (SSSR count). The highest BCUT2D eigenvalue weighted by Crippen LogP contribution is 2.36. The normalized spacial score (nSPS) is 11.2. The van der Waals surface area contributed by atoms with Gasteiger partial charge in [0.1, 0.15) is 5.82 Å². The average molecular weight is 316 g/mol. The van der Waals surface area contributed by atoms with Crippen LogP contribution in [0.4, 0.5) is 24.7 Å². The number of nitrogens with zero attached hydrogens (tertiary/aromatic N) is 1. The zero-order chi connectivity index (χ0) is 15.6. The van der Waals surface area contributed by atoms with Gasteiger partial charge in [-0.1, -0.05) is 11.6 Å². The van der Waals surface area contributed by atoms with E-state index in [2.05, 4.69) is 10.3 Å². The molecule has 0 saturated carbocycles. The minimum absolute atomic E-state index is 0.0699. The second-order valence-electron chi connectivity index (χ2n) is 4.08. The van der Waals surface area contributed by atoms with Crippen molar-refractivity contribution in [2.24, 2.45) is 5.73 Å². The summed E-state index contributed by atoms with van der Waals surface area (Å²) in [7, 11) is 0. The number of nitrogens with two attached hydrogens (primary N) is 1. The average Bonchev–Trinajstić information content (AvgIpc) is 2.40. The van der Waals surface area contributed by atoms with Crippen LogP contribution in [0, 0.1) is 0 Å². The summed E-state index contributed by atoms with van der Waals surface area (Å²) in [5, 5.41) is 2.21. The molecule has 0 saturated heterocycles. The van der Waals surface area contributed by atoms with Gasteiger partial charge in [-0.05, 0) is 30.3 Å². The molecule has 8 heteroatoms. The third kappa shape index (κ3) is 3.43. The summed E-state index contributed by atoms with van der Waals surface area (Å²) in [6.45, 7) is 0.